The molecule has 1 aromatic carbocycles. The van der Waals surface area contributed by atoms with Crippen molar-refractivity contribution in [2.75, 3.05) is 6.61 Å². The molecule has 0 atom stereocenters. The number of aliphatic hydroxyl groups excluding tert-OH is 1. The van der Waals surface area contributed by atoms with Crippen LogP contribution in [0.3, 0.4) is 0 Å². The first-order valence-corrected chi connectivity index (χ1v) is 5.58. The summed E-state index contributed by atoms with van der Waals surface area (Å²) in [5.74, 6) is 0. The van der Waals surface area contributed by atoms with Crippen LogP contribution in [0.1, 0.15) is 12.0 Å². The molecule has 1 heterocycles. The Kier molecular flexibility index (Phi) is 3.59. The summed E-state index contributed by atoms with van der Waals surface area (Å²) in [6.07, 6.45) is 5.42. The van der Waals surface area contributed by atoms with Crippen LogP contribution in [-0.2, 0) is 6.42 Å². The summed E-state index contributed by atoms with van der Waals surface area (Å²) in [5, 5.41) is 13.7. The molecule has 0 amide bonds. The molecule has 2 aromatic rings. The van der Waals surface area contributed by atoms with Gasteiger partial charge in [0.2, 0.25) is 0 Å². The molecule has 1 N–H and O–H groups in total. The summed E-state index contributed by atoms with van der Waals surface area (Å²) in [7, 11) is 0. The highest BCUT2D eigenvalue weighted by atomic mass is 35.5. The van der Waals surface area contributed by atoms with E-state index in [-0.39, 0.29) is 6.61 Å². The largest absolute Gasteiger partial charge is 0.396 e. The lowest BCUT2D eigenvalue weighted by molar-refractivity contribution is 0.288. The average Bonchev–Trinajstić information content (AvgIpc) is 2.76. The van der Waals surface area contributed by atoms with Crippen LogP contribution in [0.15, 0.2) is 36.7 Å². The normalized spacial score (nSPS) is 10.6. The Bertz CT molecular complexity index is 450. The minimum absolute atomic E-state index is 0.214. The van der Waals surface area contributed by atoms with Gasteiger partial charge in [-0.25, -0.2) is 4.68 Å². The topological polar surface area (TPSA) is 38.1 Å². The summed E-state index contributed by atoms with van der Waals surface area (Å²) in [4.78, 5) is 0. The van der Waals surface area contributed by atoms with Gasteiger partial charge in [0.1, 0.15) is 0 Å². The van der Waals surface area contributed by atoms with Crippen molar-refractivity contribution in [3.63, 3.8) is 0 Å². The molecule has 0 unspecified atom stereocenters. The molecule has 2 rings (SSSR count). The van der Waals surface area contributed by atoms with Gasteiger partial charge in [0.25, 0.3) is 0 Å². The van der Waals surface area contributed by atoms with Crippen molar-refractivity contribution in [2.24, 2.45) is 0 Å². The smallest absolute Gasteiger partial charge is 0.0646 e. The van der Waals surface area contributed by atoms with Crippen molar-refractivity contribution in [1.29, 1.82) is 0 Å². The molecule has 0 radical (unpaired) electrons. The second kappa shape index (κ2) is 5.14. The van der Waals surface area contributed by atoms with Gasteiger partial charge >= 0.3 is 0 Å². The summed E-state index contributed by atoms with van der Waals surface area (Å²) in [6, 6.07) is 7.52. The van der Waals surface area contributed by atoms with Gasteiger partial charge in [-0.05, 0) is 42.7 Å². The lowest BCUT2D eigenvalue weighted by atomic mass is 10.2. The molecule has 1 aromatic heterocycles. The number of hydrogen-bond donors (Lipinski definition) is 1. The fraction of sp³-hybridized carbons (Fsp3) is 0.250. The van der Waals surface area contributed by atoms with E-state index in [1.807, 2.05) is 41.3 Å². The fourth-order valence-corrected chi connectivity index (χ4v) is 1.63. The van der Waals surface area contributed by atoms with Crippen molar-refractivity contribution in [1.82, 2.24) is 9.78 Å². The van der Waals surface area contributed by atoms with Gasteiger partial charge in [-0.15, -0.1) is 0 Å². The number of aliphatic hydroxyl groups is 1. The van der Waals surface area contributed by atoms with Crippen LogP contribution in [0.4, 0.5) is 0 Å². The molecule has 16 heavy (non-hydrogen) atoms. The molecule has 0 bridgehead atoms. The van der Waals surface area contributed by atoms with E-state index in [1.54, 1.807) is 0 Å². The van der Waals surface area contributed by atoms with Crippen LogP contribution in [-0.4, -0.2) is 21.5 Å². The van der Waals surface area contributed by atoms with Crippen molar-refractivity contribution in [3.05, 3.63) is 47.2 Å². The molecule has 0 aliphatic heterocycles. The molecular formula is C12H13ClN2O. The number of aryl methyl sites for hydroxylation is 1. The van der Waals surface area contributed by atoms with Crippen LogP contribution >= 0.6 is 11.6 Å². The maximum Gasteiger partial charge on any atom is 0.0646 e. The van der Waals surface area contributed by atoms with Gasteiger partial charge in [0.05, 0.1) is 11.9 Å². The number of rotatable bonds is 4. The predicted molar refractivity (Wildman–Crippen MR) is 64.0 cm³/mol. The minimum Gasteiger partial charge on any atom is -0.396 e. The van der Waals surface area contributed by atoms with E-state index in [1.165, 1.54) is 0 Å². The zero-order chi connectivity index (χ0) is 11.4. The number of benzene rings is 1. The molecule has 0 spiro atoms. The summed E-state index contributed by atoms with van der Waals surface area (Å²) in [5.41, 5.74) is 2.11. The van der Waals surface area contributed by atoms with E-state index in [9.17, 15) is 0 Å². The van der Waals surface area contributed by atoms with Gasteiger partial charge in [0, 0.05) is 17.8 Å². The maximum atomic E-state index is 8.74. The summed E-state index contributed by atoms with van der Waals surface area (Å²) >= 11 is 5.82. The van der Waals surface area contributed by atoms with E-state index < -0.39 is 0 Å². The summed E-state index contributed by atoms with van der Waals surface area (Å²) < 4.78 is 1.81. The van der Waals surface area contributed by atoms with Gasteiger partial charge in [-0.2, -0.15) is 5.10 Å². The van der Waals surface area contributed by atoms with Crippen molar-refractivity contribution in [2.45, 2.75) is 12.8 Å². The molecule has 0 saturated heterocycles. The van der Waals surface area contributed by atoms with E-state index in [0.717, 1.165) is 29.1 Å². The van der Waals surface area contributed by atoms with Crippen LogP contribution in [0, 0.1) is 0 Å². The van der Waals surface area contributed by atoms with Crippen molar-refractivity contribution in [3.8, 4) is 5.69 Å². The third-order valence-corrected chi connectivity index (χ3v) is 2.60. The van der Waals surface area contributed by atoms with Crippen LogP contribution < -0.4 is 0 Å². The Morgan fingerprint density at radius 1 is 1.25 bits per heavy atom. The second-order valence-corrected chi connectivity index (χ2v) is 4.03. The highest BCUT2D eigenvalue weighted by Gasteiger charge is 2.00. The lowest BCUT2D eigenvalue weighted by Crippen LogP contribution is -1.93. The van der Waals surface area contributed by atoms with Gasteiger partial charge in [-0.3, -0.25) is 0 Å². The zero-order valence-electron chi connectivity index (χ0n) is 8.81. The van der Waals surface area contributed by atoms with Crippen molar-refractivity contribution < 1.29 is 5.11 Å². The average molecular weight is 237 g/mol. The van der Waals surface area contributed by atoms with Crippen LogP contribution in [0.2, 0.25) is 5.02 Å². The van der Waals surface area contributed by atoms with E-state index in [2.05, 4.69) is 5.10 Å². The maximum absolute atomic E-state index is 8.74. The van der Waals surface area contributed by atoms with Gasteiger partial charge < -0.3 is 5.11 Å². The molecule has 0 saturated carbocycles. The van der Waals surface area contributed by atoms with Crippen LogP contribution in [0.5, 0.6) is 0 Å². The number of halogens is 1. The monoisotopic (exact) mass is 236 g/mol. The predicted octanol–water partition coefficient (Wildman–Crippen LogP) is 2.45. The second-order valence-electron chi connectivity index (χ2n) is 3.60. The lowest BCUT2D eigenvalue weighted by Gasteiger charge is -2.00. The molecule has 0 fully saturated rings. The Morgan fingerprint density at radius 3 is 2.69 bits per heavy atom. The molecular weight excluding hydrogens is 224 g/mol. The van der Waals surface area contributed by atoms with E-state index in [0.29, 0.717) is 0 Å². The van der Waals surface area contributed by atoms with Gasteiger partial charge in [-0.1, -0.05) is 11.6 Å². The van der Waals surface area contributed by atoms with Gasteiger partial charge in [0.15, 0.2) is 0 Å². The molecule has 0 aliphatic carbocycles. The first-order valence-electron chi connectivity index (χ1n) is 5.20. The third kappa shape index (κ3) is 2.62. The number of nitrogens with zero attached hydrogens (tertiary/aromatic N) is 2. The zero-order valence-corrected chi connectivity index (χ0v) is 9.56. The highest BCUT2D eigenvalue weighted by molar-refractivity contribution is 6.30. The first kappa shape index (κ1) is 11.2. The molecule has 3 nitrogen and oxygen atoms in total. The van der Waals surface area contributed by atoms with E-state index in [4.69, 9.17) is 16.7 Å². The first-order chi connectivity index (χ1) is 7.79. The SMILES string of the molecule is OCCCc1cnn(-c2ccc(Cl)cc2)c1. The standard InChI is InChI=1S/C12H13ClN2O/c13-11-3-5-12(6-4-11)15-9-10(8-14-15)2-1-7-16/h3-6,8-9,16H,1-2,7H2. The Morgan fingerprint density at radius 2 is 2.00 bits per heavy atom. The number of hydrogen-bond acceptors (Lipinski definition) is 2. The molecule has 84 valence electrons. The third-order valence-electron chi connectivity index (χ3n) is 2.35. The molecule has 4 heteroatoms. The minimum atomic E-state index is 0.214. The van der Waals surface area contributed by atoms with Crippen LogP contribution in [0.25, 0.3) is 5.69 Å². The van der Waals surface area contributed by atoms with E-state index >= 15 is 0 Å². The Labute approximate surface area is 99.3 Å². The highest BCUT2D eigenvalue weighted by Crippen LogP contribution is 2.13. The number of aromatic nitrogens is 2. The fourth-order valence-electron chi connectivity index (χ4n) is 1.51. The summed E-state index contributed by atoms with van der Waals surface area (Å²) in [6.45, 7) is 0.214. The Balaban J connectivity index is 2.15. The Hall–Kier alpha value is -1.32. The van der Waals surface area contributed by atoms with Crippen molar-refractivity contribution >= 4 is 11.6 Å². The quantitative estimate of drug-likeness (QED) is 0.886. The molecule has 0 aliphatic rings.